The molecule has 1 aromatic heterocycles. The number of hydrogen-bond acceptors (Lipinski definition) is 4. The van der Waals surface area contributed by atoms with Gasteiger partial charge in [0.15, 0.2) is 5.82 Å². The second-order valence-corrected chi connectivity index (χ2v) is 3.98. The number of aryl methyl sites for hydroxylation is 2. The van der Waals surface area contributed by atoms with Gasteiger partial charge >= 0.3 is 0 Å². The van der Waals surface area contributed by atoms with E-state index in [9.17, 15) is 0 Å². The first-order valence-electron chi connectivity index (χ1n) is 5.67. The molecule has 17 heavy (non-hydrogen) atoms. The number of aromatic nitrogens is 3. The van der Waals surface area contributed by atoms with E-state index in [-0.39, 0.29) is 0 Å². The summed E-state index contributed by atoms with van der Waals surface area (Å²) < 4.78 is 2.00. The first kappa shape index (κ1) is 11.4. The number of benzene rings is 1. The smallest absolute Gasteiger partial charge is 0.152 e. The van der Waals surface area contributed by atoms with Crippen LogP contribution in [-0.4, -0.2) is 14.8 Å². The lowest BCUT2D eigenvalue weighted by molar-refractivity contribution is 0.708. The van der Waals surface area contributed by atoms with Crippen LogP contribution in [-0.2, 0) is 13.1 Å². The van der Waals surface area contributed by atoms with Gasteiger partial charge in [-0.25, -0.2) is 0 Å². The Kier molecular flexibility index (Phi) is 3.27. The molecule has 0 spiro atoms. The van der Waals surface area contributed by atoms with Gasteiger partial charge in [0, 0.05) is 6.54 Å². The number of rotatable bonds is 4. The van der Waals surface area contributed by atoms with Crippen LogP contribution in [0.4, 0.5) is 11.4 Å². The summed E-state index contributed by atoms with van der Waals surface area (Å²) in [7, 11) is 0. The third-order valence-corrected chi connectivity index (χ3v) is 2.68. The Morgan fingerprint density at radius 1 is 1.41 bits per heavy atom. The molecule has 0 atom stereocenters. The van der Waals surface area contributed by atoms with Crippen molar-refractivity contribution in [2.24, 2.45) is 0 Å². The largest absolute Gasteiger partial charge is 0.397 e. The predicted molar refractivity (Wildman–Crippen MR) is 68.6 cm³/mol. The van der Waals surface area contributed by atoms with Crippen molar-refractivity contribution in [3.05, 3.63) is 35.9 Å². The molecule has 0 aliphatic heterocycles. The summed E-state index contributed by atoms with van der Waals surface area (Å²) in [6.07, 6.45) is 1.73. The molecular formula is C12H17N5. The van der Waals surface area contributed by atoms with E-state index in [0.29, 0.717) is 6.54 Å². The Bertz CT molecular complexity index is 503. The lowest BCUT2D eigenvalue weighted by atomic mass is 10.2. The van der Waals surface area contributed by atoms with Crippen LogP contribution in [0.5, 0.6) is 0 Å². The molecule has 0 aliphatic carbocycles. The summed E-state index contributed by atoms with van der Waals surface area (Å²) in [5.74, 6) is 0.911. The minimum atomic E-state index is 0.626. The molecule has 2 aromatic rings. The van der Waals surface area contributed by atoms with Crippen LogP contribution < -0.4 is 11.1 Å². The normalized spacial score (nSPS) is 10.5. The van der Waals surface area contributed by atoms with Gasteiger partial charge in [-0.1, -0.05) is 6.07 Å². The first-order chi connectivity index (χ1) is 8.20. The minimum absolute atomic E-state index is 0.626. The number of anilines is 2. The van der Waals surface area contributed by atoms with Crippen molar-refractivity contribution in [1.29, 1.82) is 0 Å². The molecule has 0 saturated heterocycles. The minimum Gasteiger partial charge on any atom is -0.397 e. The standard InChI is InChI=1S/C12H17N5/c1-3-17-8-15-16-12(17)7-14-11-6-9(2)4-5-10(11)13/h4-6,8,14H,3,7,13H2,1-2H3. The summed E-state index contributed by atoms with van der Waals surface area (Å²) >= 11 is 0. The van der Waals surface area contributed by atoms with Crippen molar-refractivity contribution in [2.75, 3.05) is 11.1 Å². The maximum absolute atomic E-state index is 5.89. The number of nitrogens with one attached hydrogen (secondary N) is 1. The Morgan fingerprint density at radius 2 is 2.24 bits per heavy atom. The third kappa shape index (κ3) is 2.55. The lowest BCUT2D eigenvalue weighted by Crippen LogP contribution is -2.08. The van der Waals surface area contributed by atoms with E-state index in [1.807, 2.05) is 29.7 Å². The van der Waals surface area contributed by atoms with Gasteiger partial charge in [0.25, 0.3) is 0 Å². The molecule has 0 radical (unpaired) electrons. The van der Waals surface area contributed by atoms with Gasteiger partial charge in [0.05, 0.1) is 17.9 Å². The lowest BCUT2D eigenvalue weighted by Gasteiger charge is -2.10. The summed E-state index contributed by atoms with van der Waals surface area (Å²) in [6, 6.07) is 5.93. The zero-order valence-corrected chi connectivity index (χ0v) is 10.1. The van der Waals surface area contributed by atoms with E-state index in [4.69, 9.17) is 5.73 Å². The van der Waals surface area contributed by atoms with Crippen LogP contribution in [0.1, 0.15) is 18.3 Å². The first-order valence-corrected chi connectivity index (χ1v) is 5.67. The molecule has 2 rings (SSSR count). The molecular weight excluding hydrogens is 214 g/mol. The van der Waals surface area contributed by atoms with Crippen LogP contribution in [0, 0.1) is 6.92 Å². The zero-order chi connectivity index (χ0) is 12.3. The third-order valence-electron chi connectivity index (χ3n) is 2.68. The molecule has 0 unspecified atom stereocenters. The van der Waals surface area contributed by atoms with Gasteiger partial charge in [-0.05, 0) is 31.5 Å². The molecule has 1 heterocycles. The summed E-state index contributed by atoms with van der Waals surface area (Å²) in [4.78, 5) is 0. The average molecular weight is 231 g/mol. The van der Waals surface area contributed by atoms with Gasteiger partial charge in [-0.2, -0.15) is 0 Å². The van der Waals surface area contributed by atoms with E-state index in [2.05, 4.69) is 22.4 Å². The molecule has 3 N–H and O–H groups in total. The van der Waals surface area contributed by atoms with E-state index in [0.717, 1.165) is 23.7 Å². The van der Waals surface area contributed by atoms with Crippen molar-refractivity contribution in [2.45, 2.75) is 26.9 Å². The molecule has 1 aromatic carbocycles. The average Bonchev–Trinajstić information content (AvgIpc) is 2.77. The Morgan fingerprint density at radius 3 is 3.00 bits per heavy atom. The molecule has 0 aliphatic rings. The maximum Gasteiger partial charge on any atom is 0.152 e. The molecule has 0 fully saturated rings. The van der Waals surface area contributed by atoms with Crippen molar-refractivity contribution in [3.8, 4) is 0 Å². The van der Waals surface area contributed by atoms with Crippen molar-refractivity contribution in [1.82, 2.24) is 14.8 Å². The molecule has 5 heteroatoms. The number of hydrogen-bond donors (Lipinski definition) is 2. The highest BCUT2D eigenvalue weighted by molar-refractivity contribution is 5.66. The monoisotopic (exact) mass is 231 g/mol. The zero-order valence-electron chi connectivity index (χ0n) is 10.1. The van der Waals surface area contributed by atoms with Crippen LogP contribution in [0.15, 0.2) is 24.5 Å². The van der Waals surface area contributed by atoms with Crippen LogP contribution in [0.3, 0.4) is 0 Å². The highest BCUT2D eigenvalue weighted by Crippen LogP contribution is 2.19. The van der Waals surface area contributed by atoms with Gasteiger partial charge < -0.3 is 15.6 Å². The Hall–Kier alpha value is -2.04. The van der Waals surface area contributed by atoms with Crippen LogP contribution in [0.25, 0.3) is 0 Å². The Balaban J connectivity index is 2.09. The number of nitrogen functional groups attached to an aromatic ring is 1. The predicted octanol–water partition coefficient (Wildman–Crippen LogP) is 1.80. The number of nitrogens with zero attached hydrogens (tertiary/aromatic N) is 3. The van der Waals surface area contributed by atoms with Gasteiger partial charge in [0.2, 0.25) is 0 Å². The SMILES string of the molecule is CCn1cnnc1CNc1cc(C)ccc1N. The molecule has 0 saturated carbocycles. The van der Waals surface area contributed by atoms with E-state index in [1.54, 1.807) is 6.33 Å². The Labute approximate surface area is 101 Å². The summed E-state index contributed by atoms with van der Waals surface area (Å²) in [6.45, 7) is 5.60. The summed E-state index contributed by atoms with van der Waals surface area (Å²) in [5.41, 5.74) is 8.76. The van der Waals surface area contributed by atoms with E-state index >= 15 is 0 Å². The van der Waals surface area contributed by atoms with E-state index in [1.165, 1.54) is 5.56 Å². The molecule has 0 amide bonds. The van der Waals surface area contributed by atoms with Crippen LogP contribution >= 0.6 is 0 Å². The van der Waals surface area contributed by atoms with Gasteiger partial charge in [-0.3, -0.25) is 0 Å². The summed E-state index contributed by atoms with van der Waals surface area (Å²) in [5, 5.41) is 11.2. The van der Waals surface area contributed by atoms with Crippen molar-refractivity contribution in [3.63, 3.8) is 0 Å². The highest BCUT2D eigenvalue weighted by Gasteiger charge is 2.04. The number of nitrogens with two attached hydrogens (primary N) is 1. The topological polar surface area (TPSA) is 68.8 Å². The second kappa shape index (κ2) is 4.86. The fourth-order valence-electron chi connectivity index (χ4n) is 1.68. The van der Waals surface area contributed by atoms with Crippen molar-refractivity contribution < 1.29 is 0 Å². The van der Waals surface area contributed by atoms with Gasteiger partial charge in [-0.15, -0.1) is 10.2 Å². The van der Waals surface area contributed by atoms with Gasteiger partial charge in [0.1, 0.15) is 6.33 Å². The molecule has 90 valence electrons. The van der Waals surface area contributed by atoms with Crippen molar-refractivity contribution >= 4 is 11.4 Å². The maximum atomic E-state index is 5.89. The molecule has 0 bridgehead atoms. The highest BCUT2D eigenvalue weighted by atomic mass is 15.3. The fourth-order valence-corrected chi connectivity index (χ4v) is 1.68. The quantitative estimate of drug-likeness (QED) is 0.787. The second-order valence-electron chi connectivity index (χ2n) is 3.98. The van der Waals surface area contributed by atoms with Crippen LogP contribution in [0.2, 0.25) is 0 Å². The fraction of sp³-hybridized carbons (Fsp3) is 0.333. The van der Waals surface area contributed by atoms with E-state index < -0.39 is 0 Å². The molecule has 5 nitrogen and oxygen atoms in total.